The van der Waals surface area contributed by atoms with Crippen LogP contribution in [0.4, 0.5) is 15.9 Å². The van der Waals surface area contributed by atoms with Gasteiger partial charge >= 0.3 is 0 Å². The third kappa shape index (κ3) is 4.34. The van der Waals surface area contributed by atoms with Crippen molar-refractivity contribution in [3.63, 3.8) is 0 Å². The Morgan fingerprint density at radius 3 is 2.66 bits per heavy atom. The Kier molecular flexibility index (Phi) is 6.62. The van der Waals surface area contributed by atoms with Crippen LogP contribution in [0, 0.1) is 28.5 Å². The summed E-state index contributed by atoms with van der Waals surface area (Å²) < 4.78 is 20.2. The lowest BCUT2D eigenvalue weighted by Gasteiger charge is -2.15. The van der Waals surface area contributed by atoms with Gasteiger partial charge in [0, 0.05) is 4.47 Å². The molecule has 1 aromatic carbocycles. The van der Waals surface area contributed by atoms with Gasteiger partial charge < -0.3 is 20.7 Å². The number of nitrogens with one attached hydrogen (secondary N) is 1. The highest BCUT2D eigenvalue weighted by Gasteiger charge is 2.30. The highest BCUT2D eigenvalue weighted by Crippen LogP contribution is 2.38. The molecule has 1 unspecified atom stereocenters. The van der Waals surface area contributed by atoms with Crippen LogP contribution in [0.15, 0.2) is 32.2 Å². The Labute approximate surface area is 193 Å². The van der Waals surface area contributed by atoms with E-state index in [4.69, 9.17) is 5.73 Å². The van der Waals surface area contributed by atoms with Gasteiger partial charge in [-0.3, -0.25) is 4.79 Å². The number of amides is 1. The summed E-state index contributed by atoms with van der Waals surface area (Å²) >= 11 is 4.00. The number of carbonyl (C=O) groups is 1. The molecule has 32 heavy (non-hydrogen) atoms. The van der Waals surface area contributed by atoms with Crippen molar-refractivity contribution in [3.8, 4) is 29.3 Å². The standard InChI is InChI=1S/C19H13BrFN7O3S/c1-8(17(29)25-13-4-3-9(20)5-12(13)21)32-18-11(7-23)14(10(6-22)16(24)26-18)15-19(30)31-27-28(15)2/h3-5,8H,1-2H3,(H3-,24,25,26,27,29,30). The number of nitriles is 2. The molecule has 3 N–H and O–H groups in total. The molecule has 0 aliphatic heterocycles. The minimum atomic E-state index is -0.876. The summed E-state index contributed by atoms with van der Waals surface area (Å²) in [7, 11) is 1.40. The number of nitrogens with zero attached hydrogens (tertiary/aromatic N) is 5. The van der Waals surface area contributed by atoms with Gasteiger partial charge in [-0.25, -0.2) is 9.37 Å². The van der Waals surface area contributed by atoms with Crippen LogP contribution in [0.25, 0.3) is 11.3 Å². The minimum Gasteiger partial charge on any atom is -0.539 e. The predicted molar refractivity (Wildman–Crippen MR) is 112 cm³/mol. The molecule has 13 heteroatoms. The number of hydrogen-bond donors (Lipinski definition) is 2. The molecule has 0 bridgehead atoms. The number of nitrogen functional groups attached to an aromatic ring is 1. The van der Waals surface area contributed by atoms with Crippen LogP contribution < -0.4 is 20.8 Å². The van der Waals surface area contributed by atoms with Gasteiger partial charge in [0.15, 0.2) is 13.0 Å². The highest BCUT2D eigenvalue weighted by atomic mass is 79.9. The van der Waals surface area contributed by atoms with Crippen molar-refractivity contribution >= 4 is 45.1 Å². The SMILES string of the molecule is CC(Sc1nc(N)c(C#N)c(-c2c([O-])on[n+]2C)c1C#N)C(=O)Nc1ccc(Br)cc1F. The minimum absolute atomic E-state index is 0.0125. The molecule has 2 heterocycles. The van der Waals surface area contributed by atoms with E-state index in [0.717, 1.165) is 16.4 Å². The number of thioether (sulfide) groups is 1. The van der Waals surface area contributed by atoms with Gasteiger partial charge in [0.25, 0.3) is 5.69 Å². The molecule has 1 amide bonds. The number of rotatable bonds is 5. The van der Waals surface area contributed by atoms with Crippen LogP contribution >= 0.6 is 27.7 Å². The third-order valence-electron chi connectivity index (χ3n) is 4.26. The first-order valence-electron chi connectivity index (χ1n) is 8.77. The summed E-state index contributed by atoms with van der Waals surface area (Å²) in [6.07, 6.45) is 0. The second kappa shape index (κ2) is 9.21. The molecule has 3 aromatic rings. The van der Waals surface area contributed by atoms with Gasteiger partial charge in [-0.2, -0.15) is 10.5 Å². The number of nitrogens with two attached hydrogens (primary N) is 1. The Hall–Kier alpha value is -3.68. The quantitative estimate of drug-likeness (QED) is 0.379. The van der Waals surface area contributed by atoms with E-state index >= 15 is 0 Å². The molecule has 2 aromatic heterocycles. The van der Waals surface area contributed by atoms with E-state index in [1.54, 1.807) is 6.07 Å². The van der Waals surface area contributed by atoms with Crippen LogP contribution in [0.2, 0.25) is 0 Å². The summed E-state index contributed by atoms with van der Waals surface area (Å²) in [6, 6.07) is 7.91. The van der Waals surface area contributed by atoms with Crippen LogP contribution in [0.1, 0.15) is 18.1 Å². The first-order chi connectivity index (χ1) is 15.2. The average molecular weight is 518 g/mol. The predicted octanol–water partition coefficient (Wildman–Crippen LogP) is 1.98. The maximum Gasteiger partial charge on any atom is 0.266 e. The molecule has 0 saturated heterocycles. The number of anilines is 2. The van der Waals surface area contributed by atoms with Crippen molar-refractivity contribution in [1.29, 1.82) is 10.5 Å². The van der Waals surface area contributed by atoms with Gasteiger partial charge in [0.05, 0.1) is 27.3 Å². The van der Waals surface area contributed by atoms with Gasteiger partial charge in [-0.1, -0.05) is 32.4 Å². The number of pyridine rings is 1. The number of aryl methyl sites for hydroxylation is 1. The van der Waals surface area contributed by atoms with E-state index in [9.17, 15) is 24.8 Å². The van der Waals surface area contributed by atoms with E-state index in [-0.39, 0.29) is 38.9 Å². The van der Waals surface area contributed by atoms with E-state index in [2.05, 4.69) is 36.0 Å². The first kappa shape index (κ1) is 23.0. The second-order valence-electron chi connectivity index (χ2n) is 6.36. The van der Waals surface area contributed by atoms with Gasteiger partial charge in [-0.05, 0) is 25.1 Å². The molecule has 0 radical (unpaired) electrons. The maximum absolute atomic E-state index is 14.0. The summed E-state index contributed by atoms with van der Waals surface area (Å²) in [5.74, 6) is -2.31. The van der Waals surface area contributed by atoms with E-state index in [0.29, 0.717) is 4.47 Å². The summed E-state index contributed by atoms with van der Waals surface area (Å²) in [6.45, 7) is 1.52. The number of carbonyl (C=O) groups excluding carboxylic acids is 1. The van der Waals surface area contributed by atoms with Gasteiger partial charge in [0.2, 0.25) is 5.91 Å². The fourth-order valence-electron chi connectivity index (χ4n) is 2.74. The fraction of sp³-hybridized carbons (Fsp3) is 0.158. The Bertz CT molecular complexity index is 1300. The number of halogens is 2. The Morgan fingerprint density at radius 2 is 2.09 bits per heavy atom. The fourth-order valence-corrected chi connectivity index (χ4v) is 4.00. The Morgan fingerprint density at radius 1 is 1.41 bits per heavy atom. The number of aromatic nitrogens is 3. The summed E-state index contributed by atoms with van der Waals surface area (Å²) in [5, 5.41) is 36.6. The van der Waals surface area contributed by atoms with Crippen molar-refractivity contribution in [3.05, 3.63) is 39.6 Å². The molecular weight excluding hydrogens is 505 g/mol. The lowest BCUT2D eigenvalue weighted by Crippen LogP contribution is -2.32. The molecular formula is C19H13BrFN7O3S. The van der Waals surface area contributed by atoms with Crippen molar-refractivity contribution in [2.24, 2.45) is 7.05 Å². The lowest BCUT2D eigenvalue weighted by molar-refractivity contribution is -0.730. The van der Waals surface area contributed by atoms with Crippen molar-refractivity contribution in [2.45, 2.75) is 17.2 Å². The molecule has 10 nitrogen and oxygen atoms in total. The van der Waals surface area contributed by atoms with E-state index in [1.165, 1.54) is 26.1 Å². The normalized spacial score (nSPS) is 11.4. The lowest BCUT2D eigenvalue weighted by atomic mass is 10.0. The topological polar surface area (TPSA) is 169 Å². The molecule has 0 aliphatic carbocycles. The molecule has 0 saturated carbocycles. The van der Waals surface area contributed by atoms with Crippen LogP contribution in [-0.4, -0.2) is 21.4 Å². The third-order valence-corrected chi connectivity index (χ3v) is 5.84. The molecule has 1 atom stereocenters. The largest absolute Gasteiger partial charge is 0.539 e. The molecule has 0 aliphatic rings. The van der Waals surface area contributed by atoms with Crippen molar-refractivity contribution in [2.75, 3.05) is 11.1 Å². The van der Waals surface area contributed by atoms with Crippen LogP contribution in [-0.2, 0) is 11.8 Å². The average Bonchev–Trinajstić information content (AvgIpc) is 3.07. The zero-order valence-electron chi connectivity index (χ0n) is 16.5. The highest BCUT2D eigenvalue weighted by molar-refractivity contribution is 9.10. The van der Waals surface area contributed by atoms with Crippen molar-refractivity contribution < 1.29 is 23.5 Å². The smallest absolute Gasteiger partial charge is 0.266 e. The number of benzene rings is 1. The van der Waals surface area contributed by atoms with Crippen LogP contribution in [0.3, 0.4) is 0 Å². The van der Waals surface area contributed by atoms with Gasteiger partial charge in [-0.15, -0.1) is 0 Å². The molecule has 0 fully saturated rings. The van der Waals surface area contributed by atoms with Gasteiger partial charge in [0.1, 0.15) is 34.4 Å². The monoisotopic (exact) mass is 517 g/mol. The summed E-state index contributed by atoms with van der Waals surface area (Å²) in [5.41, 5.74) is 5.28. The summed E-state index contributed by atoms with van der Waals surface area (Å²) in [4.78, 5) is 16.7. The Balaban J connectivity index is 2.01. The maximum atomic E-state index is 14.0. The number of hydrogen-bond acceptors (Lipinski definition) is 9. The second-order valence-corrected chi connectivity index (χ2v) is 8.60. The van der Waals surface area contributed by atoms with Crippen LogP contribution in [0.5, 0.6) is 5.95 Å². The molecule has 3 rings (SSSR count). The molecule has 162 valence electrons. The zero-order chi connectivity index (χ0) is 23.6. The molecule has 0 spiro atoms. The van der Waals surface area contributed by atoms with E-state index in [1.807, 2.05) is 12.1 Å². The first-order valence-corrected chi connectivity index (χ1v) is 10.4. The van der Waals surface area contributed by atoms with Crippen molar-refractivity contribution in [1.82, 2.24) is 10.3 Å². The zero-order valence-corrected chi connectivity index (χ0v) is 18.9. The van der Waals surface area contributed by atoms with E-state index < -0.39 is 22.9 Å².